The maximum absolute atomic E-state index is 13.5. The lowest BCUT2D eigenvalue weighted by atomic mass is 9.71. The van der Waals surface area contributed by atoms with Gasteiger partial charge < -0.3 is 15.1 Å². The summed E-state index contributed by atoms with van der Waals surface area (Å²) in [6.07, 6.45) is 9.76. The van der Waals surface area contributed by atoms with Crippen LogP contribution in [0.1, 0.15) is 70.0 Å². The number of aromatic nitrogens is 1. The van der Waals surface area contributed by atoms with Gasteiger partial charge >= 0.3 is 0 Å². The minimum absolute atomic E-state index is 0.0768. The molecule has 8 heteroatoms. The fourth-order valence-electron chi connectivity index (χ4n) is 6.49. The standard InChI is InChI=1S/C31H32Cl2N4O2/c32-25-2-1-3-26(33)28(25)29(38)35-27-7-6-21-4-5-22(20-24(21)27)30(39)37-18-12-31(13-19-37)10-16-36(17-11-31)23-8-14-34-15-9-23/h1-5,8-9,14-15,20,27H,6-7,10-13,16-19H2,(H,35,38)/t27-/m1/s1. The highest BCUT2D eigenvalue weighted by Gasteiger charge is 2.39. The van der Waals surface area contributed by atoms with Crippen LogP contribution in [0.25, 0.3) is 0 Å². The minimum atomic E-state index is -0.295. The lowest BCUT2D eigenvalue weighted by Gasteiger charge is -2.47. The van der Waals surface area contributed by atoms with E-state index < -0.39 is 0 Å². The third-order valence-corrected chi connectivity index (χ3v) is 9.56. The van der Waals surface area contributed by atoms with Crippen molar-refractivity contribution in [3.8, 4) is 0 Å². The number of halogens is 2. The predicted octanol–water partition coefficient (Wildman–Crippen LogP) is 6.33. The van der Waals surface area contributed by atoms with Crippen LogP contribution in [-0.4, -0.2) is 47.9 Å². The zero-order chi connectivity index (χ0) is 27.0. The van der Waals surface area contributed by atoms with Crippen LogP contribution in [0.4, 0.5) is 5.69 Å². The molecule has 6 nitrogen and oxygen atoms in total. The number of hydrogen-bond donors (Lipinski definition) is 1. The Hall–Kier alpha value is -3.09. The van der Waals surface area contributed by atoms with Crippen molar-refractivity contribution in [3.63, 3.8) is 0 Å². The summed E-state index contributed by atoms with van der Waals surface area (Å²) in [4.78, 5) is 35.1. The van der Waals surface area contributed by atoms with Crippen LogP contribution in [0.3, 0.4) is 0 Å². The number of aryl methyl sites for hydroxylation is 1. The second-order valence-electron chi connectivity index (χ2n) is 11.1. The zero-order valence-electron chi connectivity index (χ0n) is 21.8. The second kappa shape index (κ2) is 10.8. The molecule has 2 aromatic carbocycles. The van der Waals surface area contributed by atoms with E-state index in [0.717, 1.165) is 70.3 Å². The number of nitrogens with zero attached hydrogens (tertiary/aromatic N) is 3. The summed E-state index contributed by atoms with van der Waals surface area (Å²) in [5.41, 5.74) is 4.72. The molecular weight excluding hydrogens is 531 g/mol. The first-order valence-electron chi connectivity index (χ1n) is 13.7. The van der Waals surface area contributed by atoms with Gasteiger partial charge in [0.25, 0.3) is 11.8 Å². The van der Waals surface area contributed by atoms with E-state index in [1.54, 1.807) is 18.2 Å². The average molecular weight is 564 g/mol. The number of fused-ring (bicyclic) bond motifs is 1. The van der Waals surface area contributed by atoms with E-state index in [0.29, 0.717) is 21.0 Å². The average Bonchev–Trinajstić information content (AvgIpc) is 3.35. The van der Waals surface area contributed by atoms with E-state index in [1.807, 2.05) is 35.5 Å². The summed E-state index contributed by atoms with van der Waals surface area (Å²) in [6.45, 7) is 3.68. The van der Waals surface area contributed by atoms with Crippen molar-refractivity contribution >= 4 is 40.7 Å². The van der Waals surface area contributed by atoms with Crippen molar-refractivity contribution < 1.29 is 9.59 Å². The van der Waals surface area contributed by atoms with Crippen LogP contribution < -0.4 is 10.2 Å². The van der Waals surface area contributed by atoms with Gasteiger partial charge in [-0.3, -0.25) is 14.6 Å². The molecule has 0 saturated carbocycles. The molecule has 2 amide bonds. The summed E-state index contributed by atoms with van der Waals surface area (Å²) in [5.74, 6) is -0.218. The molecule has 0 bridgehead atoms. The zero-order valence-corrected chi connectivity index (χ0v) is 23.3. The Balaban J connectivity index is 1.09. The molecule has 202 valence electrons. The maximum Gasteiger partial charge on any atom is 0.254 e. The SMILES string of the molecule is O=C(N[C@@H]1CCc2ccc(C(=O)N3CCC4(CC3)CCN(c3ccncc3)CC4)cc21)c1c(Cl)cccc1Cl. The Morgan fingerprint density at radius 2 is 1.56 bits per heavy atom. The summed E-state index contributed by atoms with van der Waals surface area (Å²) in [6, 6.07) is 15.0. The molecule has 3 heterocycles. The van der Waals surface area contributed by atoms with Gasteiger partial charge in [-0.15, -0.1) is 0 Å². The number of piperidine rings is 2. The molecular formula is C31H32Cl2N4O2. The predicted molar refractivity (Wildman–Crippen MR) is 155 cm³/mol. The Morgan fingerprint density at radius 1 is 0.897 bits per heavy atom. The molecule has 1 spiro atoms. The van der Waals surface area contributed by atoms with Gasteiger partial charge in [0.1, 0.15) is 0 Å². The molecule has 3 aliphatic rings. The van der Waals surface area contributed by atoms with E-state index in [1.165, 1.54) is 11.3 Å². The first-order chi connectivity index (χ1) is 18.9. The number of hydrogen-bond acceptors (Lipinski definition) is 4. The molecule has 2 fully saturated rings. The number of benzene rings is 2. The number of nitrogens with one attached hydrogen (secondary N) is 1. The van der Waals surface area contributed by atoms with Crippen molar-refractivity contribution in [2.45, 2.75) is 44.6 Å². The van der Waals surface area contributed by atoms with Gasteiger partial charge in [-0.25, -0.2) is 0 Å². The quantitative estimate of drug-likeness (QED) is 0.403. The lowest BCUT2D eigenvalue weighted by molar-refractivity contribution is 0.0515. The third kappa shape index (κ3) is 5.24. The molecule has 1 aromatic heterocycles. The third-order valence-electron chi connectivity index (χ3n) is 8.93. The van der Waals surface area contributed by atoms with Crippen molar-refractivity contribution in [2.75, 3.05) is 31.1 Å². The van der Waals surface area contributed by atoms with Crippen LogP contribution in [0, 0.1) is 5.41 Å². The number of carbonyl (C=O) groups is 2. The molecule has 1 atom stereocenters. The van der Waals surface area contributed by atoms with E-state index in [9.17, 15) is 9.59 Å². The maximum atomic E-state index is 13.5. The molecule has 2 saturated heterocycles. The summed E-state index contributed by atoms with van der Waals surface area (Å²) in [7, 11) is 0. The van der Waals surface area contributed by atoms with Crippen molar-refractivity contribution in [3.05, 3.63) is 93.2 Å². The molecule has 1 N–H and O–H groups in total. The van der Waals surface area contributed by atoms with E-state index in [4.69, 9.17) is 23.2 Å². The lowest BCUT2D eigenvalue weighted by Crippen LogP contribution is -2.48. The fourth-order valence-corrected chi connectivity index (χ4v) is 7.06. The topological polar surface area (TPSA) is 65.5 Å². The first-order valence-corrected chi connectivity index (χ1v) is 14.5. The Kier molecular flexibility index (Phi) is 7.25. The smallest absolute Gasteiger partial charge is 0.254 e. The van der Waals surface area contributed by atoms with Crippen LogP contribution in [-0.2, 0) is 6.42 Å². The number of carbonyl (C=O) groups excluding carboxylic acids is 2. The molecule has 6 rings (SSSR count). The van der Waals surface area contributed by atoms with Crippen LogP contribution in [0.2, 0.25) is 10.0 Å². The van der Waals surface area contributed by atoms with Crippen LogP contribution in [0.15, 0.2) is 60.9 Å². The number of anilines is 1. The summed E-state index contributed by atoms with van der Waals surface area (Å²) >= 11 is 12.5. The summed E-state index contributed by atoms with van der Waals surface area (Å²) < 4.78 is 0. The van der Waals surface area contributed by atoms with Crippen LogP contribution >= 0.6 is 23.2 Å². The Bertz CT molecular complexity index is 1360. The molecule has 2 aliphatic heterocycles. The highest BCUT2D eigenvalue weighted by molar-refractivity contribution is 6.39. The molecule has 39 heavy (non-hydrogen) atoms. The van der Waals surface area contributed by atoms with E-state index in [2.05, 4.69) is 27.3 Å². The van der Waals surface area contributed by atoms with E-state index in [-0.39, 0.29) is 23.4 Å². The van der Waals surface area contributed by atoms with Crippen molar-refractivity contribution in [1.29, 1.82) is 0 Å². The van der Waals surface area contributed by atoms with Gasteiger partial charge in [-0.2, -0.15) is 0 Å². The van der Waals surface area contributed by atoms with Gasteiger partial charge in [-0.05, 0) is 91.5 Å². The number of pyridine rings is 1. The molecule has 0 radical (unpaired) electrons. The Labute approximate surface area is 239 Å². The highest BCUT2D eigenvalue weighted by Crippen LogP contribution is 2.42. The van der Waals surface area contributed by atoms with Gasteiger partial charge in [0.15, 0.2) is 0 Å². The number of amides is 2. The van der Waals surface area contributed by atoms with E-state index >= 15 is 0 Å². The monoisotopic (exact) mass is 562 g/mol. The first kappa shape index (κ1) is 26.1. The fraction of sp³-hybridized carbons (Fsp3) is 0.387. The summed E-state index contributed by atoms with van der Waals surface area (Å²) in [5, 5.41) is 3.75. The second-order valence-corrected chi connectivity index (χ2v) is 11.9. The van der Waals surface area contributed by atoms with Gasteiger partial charge in [0.2, 0.25) is 0 Å². The van der Waals surface area contributed by atoms with Gasteiger partial charge in [-0.1, -0.05) is 35.3 Å². The van der Waals surface area contributed by atoms with Crippen molar-refractivity contribution in [1.82, 2.24) is 15.2 Å². The normalized spacial score (nSPS) is 20.1. The minimum Gasteiger partial charge on any atom is -0.371 e. The van der Waals surface area contributed by atoms with Crippen molar-refractivity contribution in [2.24, 2.45) is 5.41 Å². The molecule has 1 aliphatic carbocycles. The Morgan fingerprint density at radius 3 is 2.26 bits per heavy atom. The van der Waals surface area contributed by atoms with Crippen LogP contribution in [0.5, 0.6) is 0 Å². The molecule has 3 aromatic rings. The van der Waals surface area contributed by atoms with Gasteiger partial charge in [0.05, 0.1) is 21.7 Å². The number of likely N-dealkylation sites (tertiary alicyclic amines) is 1. The largest absolute Gasteiger partial charge is 0.371 e. The van der Waals surface area contributed by atoms with Gasteiger partial charge in [0, 0.05) is 49.8 Å². The highest BCUT2D eigenvalue weighted by atomic mass is 35.5. The number of rotatable bonds is 4. The molecule has 0 unspecified atom stereocenters.